The highest BCUT2D eigenvalue weighted by atomic mass is 16.3. The molecular weight excluding hydrogens is 228 g/mol. The topological polar surface area (TPSA) is 59.5 Å². The Morgan fingerprint density at radius 1 is 1.22 bits per heavy atom. The monoisotopic (exact) mass is 248 g/mol. The minimum absolute atomic E-state index is 0.0333. The van der Waals surface area contributed by atoms with E-state index in [4.69, 9.17) is 0 Å². The van der Waals surface area contributed by atoms with Crippen LogP contribution in [0.15, 0.2) is 24.3 Å². The molecule has 98 valence electrons. The van der Waals surface area contributed by atoms with Gasteiger partial charge in [-0.1, -0.05) is 18.2 Å². The Kier molecular flexibility index (Phi) is 4.01. The Hall–Kier alpha value is -1.36. The first-order valence-corrected chi connectivity index (χ1v) is 6.15. The third kappa shape index (κ3) is 2.41. The van der Waals surface area contributed by atoms with Gasteiger partial charge in [0.2, 0.25) is 0 Å². The molecule has 18 heavy (non-hydrogen) atoms. The predicted octanol–water partition coefficient (Wildman–Crippen LogP) is 1.26. The number of fused-ring (bicyclic) bond motifs is 1. The summed E-state index contributed by atoms with van der Waals surface area (Å²) in [6, 6.07) is 7.97. The number of para-hydroxylation sites is 1. The molecule has 0 saturated carbocycles. The number of hydrogen-bond donors (Lipinski definition) is 3. The number of nitrogens with zero attached hydrogens (tertiary/aromatic N) is 1. The van der Waals surface area contributed by atoms with E-state index in [2.05, 4.69) is 24.0 Å². The van der Waals surface area contributed by atoms with Crippen molar-refractivity contribution in [2.24, 2.45) is 0 Å². The van der Waals surface area contributed by atoms with E-state index < -0.39 is 0 Å². The summed E-state index contributed by atoms with van der Waals surface area (Å²) in [5.41, 5.74) is 3.49. The number of rotatable bonds is 5. The molecular formula is C14H20N2O2. The first kappa shape index (κ1) is 13.1. The van der Waals surface area contributed by atoms with Crippen LogP contribution >= 0.6 is 0 Å². The molecule has 2 rings (SSSR count). The molecule has 0 saturated heterocycles. The van der Waals surface area contributed by atoms with Crippen LogP contribution in [0.25, 0.3) is 10.9 Å². The number of aliphatic hydroxyl groups is 2. The lowest BCUT2D eigenvalue weighted by Crippen LogP contribution is -2.37. The van der Waals surface area contributed by atoms with Crippen molar-refractivity contribution in [3.05, 3.63) is 35.5 Å². The van der Waals surface area contributed by atoms with Crippen molar-refractivity contribution >= 4 is 10.9 Å². The maximum absolute atomic E-state index is 9.20. The smallest absolute Gasteiger partial charge is 0.0609 e. The molecule has 0 radical (unpaired) electrons. The molecule has 0 aliphatic carbocycles. The van der Waals surface area contributed by atoms with Crippen molar-refractivity contribution in [3.8, 4) is 0 Å². The van der Waals surface area contributed by atoms with Gasteiger partial charge in [0.25, 0.3) is 0 Å². The lowest BCUT2D eigenvalue weighted by atomic mass is 10.1. The Bertz CT molecular complexity index is 517. The maximum Gasteiger partial charge on any atom is 0.0609 e. The zero-order chi connectivity index (χ0) is 13.1. The lowest BCUT2D eigenvalue weighted by molar-refractivity contribution is 0.0875. The van der Waals surface area contributed by atoms with E-state index in [1.54, 1.807) is 0 Å². The summed E-state index contributed by atoms with van der Waals surface area (Å²) in [6.07, 6.45) is 0. The summed E-state index contributed by atoms with van der Waals surface area (Å²) >= 11 is 0. The van der Waals surface area contributed by atoms with Gasteiger partial charge in [-0.05, 0) is 25.6 Å². The first-order chi connectivity index (χ1) is 8.67. The highest BCUT2D eigenvalue weighted by molar-refractivity contribution is 5.84. The van der Waals surface area contributed by atoms with Crippen LogP contribution in [0, 0.1) is 6.92 Å². The molecule has 0 aliphatic rings. The van der Waals surface area contributed by atoms with E-state index in [9.17, 15) is 10.2 Å². The van der Waals surface area contributed by atoms with Crippen molar-refractivity contribution in [1.82, 2.24) is 9.88 Å². The Morgan fingerprint density at radius 2 is 1.89 bits per heavy atom. The highest BCUT2D eigenvalue weighted by Crippen LogP contribution is 2.23. The quantitative estimate of drug-likeness (QED) is 0.746. The highest BCUT2D eigenvalue weighted by Gasteiger charge is 2.16. The van der Waals surface area contributed by atoms with E-state index in [1.165, 1.54) is 10.9 Å². The normalized spacial score (nSPS) is 11.9. The van der Waals surface area contributed by atoms with Crippen molar-refractivity contribution < 1.29 is 10.2 Å². The van der Waals surface area contributed by atoms with Gasteiger partial charge in [0.1, 0.15) is 0 Å². The van der Waals surface area contributed by atoms with Gasteiger partial charge in [0.05, 0.1) is 19.3 Å². The fraction of sp³-hybridized carbons (Fsp3) is 0.429. The molecule has 0 atom stereocenters. The molecule has 0 aliphatic heterocycles. The van der Waals surface area contributed by atoms with Crippen molar-refractivity contribution in [3.63, 3.8) is 0 Å². The molecule has 1 aromatic carbocycles. The minimum atomic E-state index is -0.210. The number of aliphatic hydroxyl groups excluding tert-OH is 2. The number of hydrogen-bond acceptors (Lipinski definition) is 3. The molecule has 0 bridgehead atoms. The van der Waals surface area contributed by atoms with Gasteiger partial charge in [-0.3, -0.25) is 4.90 Å². The standard InChI is InChI=1S/C14H20N2O2/c1-10-13(7-16(2)11(8-17)9-18)12-5-3-4-6-14(12)15-10/h3-6,11,15,17-18H,7-9H2,1-2H3. The van der Waals surface area contributed by atoms with E-state index in [0.29, 0.717) is 6.54 Å². The van der Waals surface area contributed by atoms with Gasteiger partial charge >= 0.3 is 0 Å². The van der Waals surface area contributed by atoms with Crippen molar-refractivity contribution in [2.75, 3.05) is 20.3 Å². The molecule has 1 heterocycles. The molecule has 0 unspecified atom stereocenters. The molecule has 1 aromatic heterocycles. The van der Waals surface area contributed by atoms with Crippen LogP contribution in [0.4, 0.5) is 0 Å². The van der Waals surface area contributed by atoms with Crippen molar-refractivity contribution in [2.45, 2.75) is 19.5 Å². The summed E-state index contributed by atoms with van der Waals surface area (Å²) in [4.78, 5) is 5.33. The number of aryl methyl sites for hydroxylation is 1. The average molecular weight is 248 g/mol. The summed E-state index contributed by atoms with van der Waals surface area (Å²) in [6.45, 7) is 2.69. The Morgan fingerprint density at radius 3 is 2.56 bits per heavy atom. The van der Waals surface area contributed by atoms with E-state index in [0.717, 1.165) is 11.2 Å². The van der Waals surface area contributed by atoms with Crippen LogP contribution in [0.3, 0.4) is 0 Å². The fourth-order valence-corrected chi connectivity index (χ4v) is 2.25. The van der Waals surface area contributed by atoms with Gasteiger partial charge < -0.3 is 15.2 Å². The summed E-state index contributed by atoms with van der Waals surface area (Å²) in [7, 11) is 1.92. The number of nitrogens with one attached hydrogen (secondary N) is 1. The van der Waals surface area contributed by atoms with E-state index >= 15 is 0 Å². The largest absolute Gasteiger partial charge is 0.395 e. The van der Waals surface area contributed by atoms with Crippen LogP contribution in [0.2, 0.25) is 0 Å². The Balaban J connectivity index is 2.28. The van der Waals surface area contributed by atoms with E-state index in [1.807, 2.05) is 24.1 Å². The van der Waals surface area contributed by atoms with Gasteiger partial charge in [-0.15, -0.1) is 0 Å². The SMILES string of the molecule is Cc1[nH]c2ccccc2c1CN(C)C(CO)CO. The molecule has 0 fully saturated rings. The first-order valence-electron chi connectivity index (χ1n) is 6.15. The molecule has 0 spiro atoms. The zero-order valence-electron chi connectivity index (χ0n) is 10.8. The molecule has 2 aromatic rings. The van der Waals surface area contributed by atoms with Crippen LogP contribution < -0.4 is 0 Å². The lowest BCUT2D eigenvalue weighted by Gasteiger charge is -2.24. The van der Waals surface area contributed by atoms with E-state index in [-0.39, 0.29) is 19.3 Å². The molecule has 3 N–H and O–H groups in total. The number of H-pyrrole nitrogens is 1. The molecule has 4 nitrogen and oxygen atoms in total. The minimum Gasteiger partial charge on any atom is -0.395 e. The second-order valence-electron chi connectivity index (χ2n) is 4.71. The summed E-state index contributed by atoms with van der Waals surface area (Å²) in [5.74, 6) is 0. The van der Waals surface area contributed by atoms with Crippen LogP contribution in [0.1, 0.15) is 11.3 Å². The zero-order valence-corrected chi connectivity index (χ0v) is 10.8. The van der Waals surface area contributed by atoms with Gasteiger partial charge in [-0.25, -0.2) is 0 Å². The average Bonchev–Trinajstić information content (AvgIpc) is 2.68. The number of likely N-dealkylation sites (N-methyl/N-ethyl adjacent to an activating group) is 1. The summed E-state index contributed by atoms with van der Waals surface area (Å²) in [5, 5.41) is 19.6. The molecule has 4 heteroatoms. The van der Waals surface area contributed by atoms with Gasteiger partial charge in [0.15, 0.2) is 0 Å². The third-order valence-electron chi connectivity index (χ3n) is 3.48. The third-order valence-corrected chi connectivity index (χ3v) is 3.48. The fourth-order valence-electron chi connectivity index (χ4n) is 2.25. The van der Waals surface area contributed by atoms with Crippen LogP contribution in [-0.4, -0.2) is 46.4 Å². The maximum atomic E-state index is 9.20. The predicted molar refractivity (Wildman–Crippen MR) is 72.5 cm³/mol. The van der Waals surface area contributed by atoms with Gasteiger partial charge in [-0.2, -0.15) is 0 Å². The van der Waals surface area contributed by atoms with Crippen LogP contribution in [0.5, 0.6) is 0 Å². The second-order valence-corrected chi connectivity index (χ2v) is 4.71. The second kappa shape index (κ2) is 5.52. The Labute approximate surface area is 107 Å². The van der Waals surface area contributed by atoms with Gasteiger partial charge in [0, 0.05) is 23.1 Å². The number of benzene rings is 1. The number of aromatic amines is 1. The molecule has 0 amide bonds. The summed E-state index contributed by atoms with van der Waals surface area (Å²) < 4.78 is 0. The number of aromatic nitrogens is 1. The van der Waals surface area contributed by atoms with Crippen LogP contribution in [-0.2, 0) is 6.54 Å². The van der Waals surface area contributed by atoms with Crippen molar-refractivity contribution in [1.29, 1.82) is 0 Å².